The number of aliphatic hydroxyl groups is 1. The molecule has 0 radical (unpaired) electrons. The maximum absolute atomic E-state index is 13.9. The maximum Gasteiger partial charge on any atom is 0.344 e. The number of rotatable bonds is 7. The summed E-state index contributed by atoms with van der Waals surface area (Å²) < 4.78 is 34.8. The normalized spacial score (nSPS) is 35.4. The second-order valence-electron chi connectivity index (χ2n) is 9.37. The second-order valence-corrected chi connectivity index (χ2v) is 10.3. The summed E-state index contributed by atoms with van der Waals surface area (Å²) in [7, 11) is 0. The minimum absolute atomic E-state index is 0.126. The molecule has 29 heavy (non-hydrogen) atoms. The first-order valence-electron chi connectivity index (χ1n) is 11.0. The van der Waals surface area contributed by atoms with E-state index in [4.69, 9.17) is 4.74 Å². The monoisotopic (exact) mass is 428 g/mol. The standard InChI is InChI=1S/C22H32F2NO3S/c1-2-3-10-25-11-7-16(8-12-25)18(15-25)28-20(26)22(27,19-5-4-13-29-19)17-6-9-21(23,24)14-17/h4-5,13,16-18,27H,2-3,6-12,14-15H2,1H3/q+1/t16?,17?,18-,22?,25?/m0/s1. The van der Waals surface area contributed by atoms with Crippen LogP contribution in [-0.4, -0.2) is 53.8 Å². The molecule has 3 aliphatic heterocycles. The lowest BCUT2D eigenvalue weighted by atomic mass is 9.81. The van der Waals surface area contributed by atoms with E-state index in [2.05, 4.69) is 6.92 Å². The van der Waals surface area contributed by atoms with Crippen molar-refractivity contribution in [3.8, 4) is 0 Å². The number of alkyl halides is 2. The SMILES string of the molecule is CCCC[N+]12CCC(CC1)[C@@H](OC(=O)C(O)(c1cccs1)C1CCC(F)(F)C1)C2. The highest BCUT2D eigenvalue weighted by molar-refractivity contribution is 7.10. The van der Waals surface area contributed by atoms with Crippen LogP contribution in [0.25, 0.3) is 0 Å². The molecule has 5 rings (SSSR count). The van der Waals surface area contributed by atoms with Gasteiger partial charge in [0.2, 0.25) is 5.92 Å². The molecule has 3 atom stereocenters. The number of hydrogen-bond acceptors (Lipinski definition) is 4. The number of ether oxygens (including phenoxy) is 1. The number of thiophene rings is 1. The summed E-state index contributed by atoms with van der Waals surface area (Å²) in [4.78, 5) is 13.7. The van der Waals surface area contributed by atoms with Gasteiger partial charge in [-0.1, -0.05) is 19.4 Å². The van der Waals surface area contributed by atoms with Crippen molar-refractivity contribution >= 4 is 17.3 Å². The van der Waals surface area contributed by atoms with Gasteiger partial charge in [0.15, 0.2) is 11.7 Å². The molecule has 4 aliphatic rings. The fourth-order valence-electron chi connectivity index (χ4n) is 5.66. The van der Waals surface area contributed by atoms with Crippen LogP contribution in [0, 0.1) is 11.8 Å². The average molecular weight is 429 g/mol. The molecule has 3 saturated heterocycles. The number of unbranched alkanes of at least 4 members (excludes halogenated alkanes) is 1. The van der Waals surface area contributed by atoms with Crippen LogP contribution in [0.4, 0.5) is 8.78 Å². The summed E-state index contributed by atoms with van der Waals surface area (Å²) in [5.74, 6) is -4.05. The minimum atomic E-state index is -2.83. The Morgan fingerprint density at radius 2 is 2.14 bits per heavy atom. The first-order chi connectivity index (χ1) is 13.8. The Morgan fingerprint density at radius 1 is 1.38 bits per heavy atom. The number of nitrogens with zero attached hydrogens (tertiary/aromatic N) is 1. The Morgan fingerprint density at radius 3 is 2.72 bits per heavy atom. The molecule has 7 heteroatoms. The predicted molar refractivity (Wildman–Crippen MR) is 108 cm³/mol. The van der Waals surface area contributed by atoms with Crippen molar-refractivity contribution in [3.05, 3.63) is 22.4 Å². The summed E-state index contributed by atoms with van der Waals surface area (Å²) in [5, 5.41) is 13.2. The Hall–Kier alpha value is -1.05. The van der Waals surface area contributed by atoms with Crippen LogP contribution in [0.3, 0.4) is 0 Å². The molecule has 4 nitrogen and oxygen atoms in total. The number of halogens is 2. The molecule has 162 valence electrons. The quantitative estimate of drug-likeness (QED) is 0.520. The summed E-state index contributed by atoms with van der Waals surface area (Å²) in [6, 6.07) is 3.40. The molecule has 0 amide bonds. The molecule has 1 aliphatic carbocycles. The Bertz CT molecular complexity index is 718. The smallest absolute Gasteiger partial charge is 0.344 e. The molecule has 2 bridgehead atoms. The van der Waals surface area contributed by atoms with E-state index >= 15 is 0 Å². The third kappa shape index (κ3) is 3.98. The predicted octanol–water partition coefficient (Wildman–Crippen LogP) is 4.32. The molecule has 4 heterocycles. The first-order valence-corrected chi connectivity index (χ1v) is 11.9. The van der Waals surface area contributed by atoms with Crippen LogP contribution in [0.5, 0.6) is 0 Å². The summed E-state index contributed by atoms with van der Waals surface area (Å²) >= 11 is 1.23. The Kier molecular flexibility index (Phi) is 5.77. The van der Waals surface area contributed by atoms with Crippen LogP contribution in [-0.2, 0) is 15.1 Å². The van der Waals surface area contributed by atoms with E-state index in [0.29, 0.717) is 10.8 Å². The van der Waals surface area contributed by atoms with Gasteiger partial charge in [0.1, 0.15) is 6.54 Å². The molecular formula is C22H32F2NO3S+. The highest BCUT2D eigenvalue weighted by Crippen LogP contribution is 2.49. The van der Waals surface area contributed by atoms with E-state index in [1.54, 1.807) is 17.5 Å². The van der Waals surface area contributed by atoms with Gasteiger partial charge in [0.25, 0.3) is 0 Å². The Labute approximate surface area is 175 Å². The van der Waals surface area contributed by atoms with E-state index in [1.165, 1.54) is 11.3 Å². The van der Waals surface area contributed by atoms with Crippen LogP contribution >= 0.6 is 11.3 Å². The molecular weight excluding hydrogens is 396 g/mol. The third-order valence-corrected chi connectivity index (χ3v) is 8.48. The van der Waals surface area contributed by atoms with Gasteiger partial charge in [-0.15, -0.1) is 11.3 Å². The molecule has 2 unspecified atom stereocenters. The second kappa shape index (κ2) is 7.89. The number of esters is 1. The maximum atomic E-state index is 13.9. The third-order valence-electron chi connectivity index (χ3n) is 7.49. The van der Waals surface area contributed by atoms with Gasteiger partial charge in [0.05, 0.1) is 19.6 Å². The summed E-state index contributed by atoms with van der Waals surface area (Å²) in [5.41, 5.74) is -1.98. The van der Waals surface area contributed by atoms with Crippen molar-refractivity contribution < 1.29 is 27.9 Å². The van der Waals surface area contributed by atoms with E-state index in [9.17, 15) is 18.7 Å². The zero-order valence-corrected chi connectivity index (χ0v) is 17.9. The fourth-order valence-corrected chi connectivity index (χ4v) is 6.55. The highest BCUT2D eigenvalue weighted by Gasteiger charge is 2.56. The summed E-state index contributed by atoms with van der Waals surface area (Å²) in [6.07, 6.45) is 3.49. The van der Waals surface area contributed by atoms with E-state index < -0.39 is 29.8 Å². The van der Waals surface area contributed by atoms with Crippen LogP contribution < -0.4 is 0 Å². The number of carbonyl (C=O) groups is 1. The lowest BCUT2D eigenvalue weighted by molar-refractivity contribution is -0.946. The average Bonchev–Trinajstić information content (AvgIpc) is 3.37. The topological polar surface area (TPSA) is 46.5 Å². The molecule has 1 aromatic rings. The van der Waals surface area contributed by atoms with Gasteiger partial charge in [-0.25, -0.2) is 13.6 Å². The zero-order chi connectivity index (χ0) is 20.7. The summed E-state index contributed by atoms with van der Waals surface area (Å²) in [6.45, 7) is 6.33. The molecule has 4 fully saturated rings. The molecule has 0 aromatic carbocycles. The van der Waals surface area contributed by atoms with Gasteiger partial charge in [-0.2, -0.15) is 0 Å². The van der Waals surface area contributed by atoms with Gasteiger partial charge in [-0.05, 0) is 24.3 Å². The zero-order valence-electron chi connectivity index (χ0n) is 17.1. The number of hydrogen-bond donors (Lipinski definition) is 1. The lowest BCUT2D eigenvalue weighted by Crippen LogP contribution is -2.65. The minimum Gasteiger partial charge on any atom is -0.454 e. The van der Waals surface area contributed by atoms with Crippen molar-refractivity contribution in [2.45, 2.75) is 69.5 Å². The van der Waals surface area contributed by atoms with Gasteiger partial charge in [-0.3, -0.25) is 0 Å². The number of piperidine rings is 3. The van der Waals surface area contributed by atoms with E-state index in [0.717, 1.165) is 56.3 Å². The van der Waals surface area contributed by atoms with Crippen molar-refractivity contribution in [2.24, 2.45) is 11.8 Å². The first kappa shape index (κ1) is 21.2. The highest BCUT2D eigenvalue weighted by atomic mass is 32.1. The van der Waals surface area contributed by atoms with Crippen LogP contribution in [0.15, 0.2) is 17.5 Å². The fraction of sp³-hybridized carbons (Fsp3) is 0.773. The lowest BCUT2D eigenvalue weighted by Gasteiger charge is -2.52. The van der Waals surface area contributed by atoms with Crippen molar-refractivity contribution in [3.63, 3.8) is 0 Å². The molecule has 0 spiro atoms. The molecule has 1 saturated carbocycles. The van der Waals surface area contributed by atoms with Gasteiger partial charge in [0, 0.05) is 42.4 Å². The van der Waals surface area contributed by atoms with Gasteiger partial charge >= 0.3 is 5.97 Å². The van der Waals surface area contributed by atoms with Crippen molar-refractivity contribution in [1.29, 1.82) is 0 Å². The van der Waals surface area contributed by atoms with Gasteiger partial charge < -0.3 is 14.3 Å². The van der Waals surface area contributed by atoms with Crippen molar-refractivity contribution in [2.75, 3.05) is 26.2 Å². The van der Waals surface area contributed by atoms with E-state index in [1.807, 2.05) is 0 Å². The molecule has 1 aromatic heterocycles. The number of quaternary nitrogens is 1. The van der Waals surface area contributed by atoms with Crippen LogP contribution in [0.2, 0.25) is 0 Å². The molecule has 1 N–H and O–H groups in total. The number of carbonyl (C=O) groups excluding carboxylic acids is 1. The van der Waals surface area contributed by atoms with Crippen LogP contribution in [0.1, 0.15) is 56.7 Å². The van der Waals surface area contributed by atoms with Crippen molar-refractivity contribution in [1.82, 2.24) is 0 Å². The number of fused-ring (bicyclic) bond motifs is 3. The Balaban J connectivity index is 1.53. The largest absolute Gasteiger partial charge is 0.454 e. The van der Waals surface area contributed by atoms with E-state index in [-0.39, 0.29) is 18.9 Å².